The van der Waals surface area contributed by atoms with Crippen LogP contribution in [0.2, 0.25) is 0 Å². The number of nitrogens with one attached hydrogen (secondary N) is 1. The van der Waals surface area contributed by atoms with Crippen LogP contribution in [0.1, 0.15) is 6.92 Å². The highest BCUT2D eigenvalue weighted by Gasteiger charge is 2.23. The Hall–Kier alpha value is -3.87. The summed E-state index contributed by atoms with van der Waals surface area (Å²) in [6.45, 7) is 2.08. The van der Waals surface area contributed by atoms with Gasteiger partial charge >= 0.3 is 6.09 Å². The van der Waals surface area contributed by atoms with Crippen LogP contribution in [0.25, 0.3) is 44.3 Å². The Balaban J connectivity index is 1.73. The molecule has 0 radical (unpaired) electrons. The van der Waals surface area contributed by atoms with E-state index < -0.39 is 6.09 Å². The maximum absolute atomic E-state index is 12.4. The molecule has 138 valence electrons. The van der Waals surface area contributed by atoms with Gasteiger partial charge in [-0.25, -0.2) is 9.42 Å². The van der Waals surface area contributed by atoms with Gasteiger partial charge < -0.3 is 9.72 Å². The molecule has 0 saturated heterocycles. The number of benzene rings is 2. The van der Waals surface area contributed by atoms with Crippen LogP contribution >= 0.6 is 0 Å². The van der Waals surface area contributed by atoms with Gasteiger partial charge in [0.2, 0.25) is 0 Å². The number of rotatable bonds is 3. The van der Waals surface area contributed by atoms with E-state index in [9.17, 15) is 4.79 Å². The summed E-state index contributed by atoms with van der Waals surface area (Å²) in [4.78, 5) is 15.6. The summed E-state index contributed by atoms with van der Waals surface area (Å²) in [5.74, 6) is 0. The predicted molar refractivity (Wildman–Crippen MR) is 105 cm³/mol. The number of carbonyl (C=O) groups is 1. The molecular weight excluding hydrogens is 356 g/mol. The largest absolute Gasteiger partial charge is 0.449 e. The average molecular weight is 372 g/mol. The molecule has 3 aromatic heterocycles. The Morgan fingerprint density at radius 3 is 2.57 bits per heavy atom. The minimum atomic E-state index is -0.435. The van der Waals surface area contributed by atoms with Gasteiger partial charge in [0.05, 0.1) is 12.1 Å². The third-order valence-electron chi connectivity index (χ3n) is 4.76. The summed E-state index contributed by atoms with van der Waals surface area (Å²) >= 11 is 0. The molecule has 3 heterocycles. The first-order valence-electron chi connectivity index (χ1n) is 8.94. The Morgan fingerprint density at radius 1 is 1.04 bits per heavy atom. The van der Waals surface area contributed by atoms with Crippen LogP contribution in [-0.4, -0.2) is 32.6 Å². The molecule has 7 nitrogen and oxygen atoms in total. The first-order chi connectivity index (χ1) is 13.8. The number of H-pyrrole nitrogens is 1. The molecule has 0 unspecified atom stereocenters. The van der Waals surface area contributed by atoms with E-state index in [1.165, 1.54) is 4.57 Å². The topological polar surface area (TPSA) is 85.9 Å². The lowest BCUT2D eigenvalue weighted by molar-refractivity contribution is 0.155. The van der Waals surface area contributed by atoms with Crippen LogP contribution in [0.5, 0.6) is 0 Å². The second-order valence-electron chi connectivity index (χ2n) is 6.34. The fourth-order valence-corrected chi connectivity index (χ4v) is 3.52. The summed E-state index contributed by atoms with van der Waals surface area (Å²) < 4.78 is 11.8. The van der Waals surface area contributed by atoms with E-state index in [2.05, 4.69) is 15.3 Å². The minimum Gasteiger partial charge on any atom is -0.449 e. The van der Waals surface area contributed by atoms with Crippen molar-refractivity contribution in [1.82, 2.24) is 19.9 Å². The molecule has 5 rings (SSSR count). The molecule has 0 bridgehead atoms. The molecule has 0 amide bonds. The predicted octanol–water partition coefficient (Wildman–Crippen LogP) is 4.84. The number of fused-ring (bicyclic) bond motifs is 2. The highest BCUT2D eigenvalue weighted by molar-refractivity contribution is 6.04. The van der Waals surface area contributed by atoms with E-state index in [0.29, 0.717) is 18.0 Å². The summed E-state index contributed by atoms with van der Waals surface area (Å²) in [5.41, 5.74) is 4.57. The van der Waals surface area contributed by atoms with Crippen LogP contribution in [0.3, 0.4) is 0 Å². The number of hydrogen-bond acceptors (Lipinski definition) is 5. The lowest BCUT2D eigenvalue weighted by Gasteiger charge is -2.03. The standard InChI is InChI=1S/C21H16N4O3/c1-2-27-21(26)25-12-16(14-8-4-6-10-18(14)25)20-19(23-28-24-20)15-11-22-17-9-5-3-7-13(15)17/h3-12,22H,2H2,1H3. The van der Waals surface area contributed by atoms with Crippen LogP contribution in [0.15, 0.2) is 65.6 Å². The van der Waals surface area contributed by atoms with Gasteiger partial charge in [-0.15, -0.1) is 0 Å². The van der Waals surface area contributed by atoms with Gasteiger partial charge in [-0.05, 0) is 29.4 Å². The molecule has 0 aliphatic rings. The van der Waals surface area contributed by atoms with Crippen molar-refractivity contribution in [1.29, 1.82) is 0 Å². The number of carbonyl (C=O) groups excluding carboxylic acids is 1. The van der Waals surface area contributed by atoms with E-state index in [0.717, 1.165) is 32.9 Å². The van der Waals surface area contributed by atoms with Crippen molar-refractivity contribution >= 4 is 27.9 Å². The van der Waals surface area contributed by atoms with Gasteiger partial charge in [0.1, 0.15) is 11.4 Å². The molecule has 5 aromatic rings. The second-order valence-corrected chi connectivity index (χ2v) is 6.34. The summed E-state index contributed by atoms with van der Waals surface area (Å²) in [5, 5.41) is 10.2. The zero-order valence-electron chi connectivity index (χ0n) is 15.0. The maximum atomic E-state index is 12.4. The van der Waals surface area contributed by atoms with Crippen LogP contribution in [0.4, 0.5) is 4.79 Å². The number of para-hydroxylation sites is 2. The molecule has 0 fully saturated rings. The van der Waals surface area contributed by atoms with Gasteiger partial charge in [0.25, 0.3) is 0 Å². The number of aromatic nitrogens is 4. The highest BCUT2D eigenvalue weighted by atomic mass is 16.6. The van der Waals surface area contributed by atoms with Gasteiger partial charge in [0, 0.05) is 39.8 Å². The van der Waals surface area contributed by atoms with Crippen molar-refractivity contribution in [3.8, 4) is 22.5 Å². The van der Waals surface area contributed by atoms with Crippen LogP contribution in [-0.2, 0) is 4.74 Å². The van der Waals surface area contributed by atoms with Gasteiger partial charge in [-0.3, -0.25) is 4.57 Å². The highest BCUT2D eigenvalue weighted by Crippen LogP contribution is 2.37. The number of ether oxygens (including phenoxy) is 1. The molecule has 0 saturated carbocycles. The van der Waals surface area contributed by atoms with Crippen molar-refractivity contribution < 1.29 is 14.2 Å². The van der Waals surface area contributed by atoms with Crippen LogP contribution in [0, 0.1) is 0 Å². The Morgan fingerprint density at radius 2 is 1.75 bits per heavy atom. The fraction of sp³-hybridized carbons (Fsp3) is 0.0952. The van der Waals surface area contributed by atoms with E-state index in [-0.39, 0.29) is 0 Å². The zero-order valence-corrected chi connectivity index (χ0v) is 15.0. The van der Waals surface area contributed by atoms with Crippen molar-refractivity contribution in [3.05, 3.63) is 60.9 Å². The summed E-state index contributed by atoms with van der Waals surface area (Å²) in [6, 6.07) is 15.6. The van der Waals surface area contributed by atoms with Crippen molar-refractivity contribution in [2.75, 3.05) is 6.61 Å². The number of aromatic amines is 1. The van der Waals surface area contributed by atoms with Gasteiger partial charge in [-0.1, -0.05) is 36.4 Å². The second kappa shape index (κ2) is 6.38. The first kappa shape index (κ1) is 16.3. The first-order valence-corrected chi connectivity index (χ1v) is 8.94. The SMILES string of the molecule is CCOC(=O)n1cc(-c2nonc2-c2c[nH]c3ccccc23)c2ccccc21. The van der Waals surface area contributed by atoms with E-state index in [4.69, 9.17) is 9.37 Å². The smallest absolute Gasteiger partial charge is 0.418 e. The van der Waals surface area contributed by atoms with E-state index in [1.54, 1.807) is 13.1 Å². The molecule has 2 aromatic carbocycles. The summed E-state index contributed by atoms with van der Waals surface area (Å²) in [6.07, 6.45) is 3.17. The number of hydrogen-bond donors (Lipinski definition) is 1. The van der Waals surface area contributed by atoms with E-state index in [1.807, 2.05) is 54.7 Å². The van der Waals surface area contributed by atoms with Gasteiger partial charge in [-0.2, -0.15) is 0 Å². The Labute approximate surface area is 159 Å². The molecule has 28 heavy (non-hydrogen) atoms. The third-order valence-corrected chi connectivity index (χ3v) is 4.76. The molecule has 1 N–H and O–H groups in total. The quantitative estimate of drug-likeness (QED) is 0.489. The Kier molecular flexibility index (Phi) is 3.72. The summed E-state index contributed by atoms with van der Waals surface area (Å²) in [7, 11) is 0. The minimum absolute atomic E-state index is 0.298. The Bertz CT molecular complexity index is 1310. The molecule has 0 atom stereocenters. The lowest BCUT2D eigenvalue weighted by atomic mass is 10.0. The zero-order chi connectivity index (χ0) is 19.1. The monoisotopic (exact) mass is 372 g/mol. The molecule has 0 aliphatic carbocycles. The van der Waals surface area contributed by atoms with Crippen molar-refractivity contribution in [2.45, 2.75) is 6.92 Å². The van der Waals surface area contributed by atoms with Crippen molar-refractivity contribution in [2.24, 2.45) is 0 Å². The third kappa shape index (κ3) is 2.40. The van der Waals surface area contributed by atoms with Gasteiger partial charge in [0.15, 0.2) is 0 Å². The molecule has 7 heteroatoms. The maximum Gasteiger partial charge on any atom is 0.418 e. The fourth-order valence-electron chi connectivity index (χ4n) is 3.52. The molecule has 0 spiro atoms. The lowest BCUT2D eigenvalue weighted by Crippen LogP contribution is -2.11. The number of nitrogens with zero attached hydrogens (tertiary/aromatic N) is 3. The van der Waals surface area contributed by atoms with E-state index >= 15 is 0 Å². The normalized spacial score (nSPS) is 11.3. The van der Waals surface area contributed by atoms with Crippen LogP contribution < -0.4 is 0 Å². The molecule has 0 aliphatic heterocycles. The molecular formula is C21H16N4O3. The van der Waals surface area contributed by atoms with Crippen molar-refractivity contribution in [3.63, 3.8) is 0 Å². The average Bonchev–Trinajstić information content (AvgIpc) is 3.43.